The van der Waals surface area contributed by atoms with Crippen molar-refractivity contribution in [2.24, 2.45) is 5.92 Å². The van der Waals surface area contributed by atoms with E-state index in [1.807, 2.05) is 38.0 Å². The number of amides is 1. The van der Waals surface area contributed by atoms with Crippen molar-refractivity contribution >= 4 is 17.4 Å². The van der Waals surface area contributed by atoms with Gasteiger partial charge in [-0.25, -0.2) is 9.78 Å². The van der Waals surface area contributed by atoms with Gasteiger partial charge in [-0.2, -0.15) is 0 Å². The second-order valence-electron chi connectivity index (χ2n) is 7.11. The van der Waals surface area contributed by atoms with E-state index in [-0.39, 0.29) is 12.2 Å². The highest BCUT2D eigenvalue weighted by Crippen LogP contribution is 2.24. The third kappa shape index (κ3) is 6.11. The summed E-state index contributed by atoms with van der Waals surface area (Å²) >= 11 is 1.62. The molecule has 0 N–H and O–H groups in total. The molecule has 1 aliphatic rings. The number of likely N-dealkylation sites (tertiary alicyclic amines) is 1. The smallest absolute Gasteiger partial charge is 0.410 e. The first-order valence-corrected chi connectivity index (χ1v) is 9.22. The fourth-order valence-electron chi connectivity index (χ4n) is 2.71. The number of aromatic nitrogens is 1. The molecular formula is C17H28N2O3S. The van der Waals surface area contributed by atoms with Crippen molar-refractivity contribution in [1.29, 1.82) is 0 Å². The summed E-state index contributed by atoms with van der Waals surface area (Å²) in [6.07, 6.45) is 4.80. The number of carbonyl (C=O) groups is 1. The first-order valence-electron chi connectivity index (χ1n) is 8.34. The van der Waals surface area contributed by atoms with Crippen molar-refractivity contribution < 1.29 is 14.3 Å². The van der Waals surface area contributed by atoms with Gasteiger partial charge in [0, 0.05) is 31.3 Å². The minimum atomic E-state index is -0.434. The number of piperidine rings is 1. The van der Waals surface area contributed by atoms with Crippen molar-refractivity contribution in [3.63, 3.8) is 0 Å². The van der Waals surface area contributed by atoms with Crippen LogP contribution in [-0.4, -0.2) is 41.3 Å². The first kappa shape index (κ1) is 18.2. The number of hydrogen-bond acceptors (Lipinski definition) is 5. The molecule has 1 amide bonds. The van der Waals surface area contributed by atoms with Crippen molar-refractivity contribution in [3.8, 4) is 0 Å². The van der Waals surface area contributed by atoms with E-state index in [1.54, 1.807) is 17.5 Å². The maximum atomic E-state index is 12.2. The molecule has 1 aliphatic heterocycles. The normalized spacial score (nSPS) is 20.3. The zero-order chi connectivity index (χ0) is 16.9. The van der Waals surface area contributed by atoms with Gasteiger partial charge in [0.1, 0.15) is 16.7 Å². The Morgan fingerprint density at radius 1 is 1.52 bits per heavy atom. The molecule has 1 aromatic heterocycles. The van der Waals surface area contributed by atoms with Crippen LogP contribution in [0.3, 0.4) is 0 Å². The average Bonchev–Trinajstić information content (AvgIpc) is 3.00. The van der Waals surface area contributed by atoms with E-state index in [4.69, 9.17) is 9.47 Å². The molecule has 1 saturated heterocycles. The van der Waals surface area contributed by atoms with Crippen molar-refractivity contribution in [2.45, 2.75) is 58.7 Å². The minimum Gasteiger partial charge on any atom is -0.444 e. The maximum Gasteiger partial charge on any atom is 0.410 e. The summed E-state index contributed by atoms with van der Waals surface area (Å²) in [7, 11) is 0. The quantitative estimate of drug-likeness (QED) is 0.804. The summed E-state index contributed by atoms with van der Waals surface area (Å²) in [5, 5.41) is 2.98. The standard InChI is InChI=1S/C17H28N2O3S/c1-13(15-18-8-11-23-15)21-10-7-14-6-5-9-19(12-14)16(20)22-17(2,3)4/h8,11,13-14H,5-7,9-10,12H2,1-4H3/t13-,14+/m0/s1. The lowest BCUT2D eigenvalue weighted by Crippen LogP contribution is -2.43. The average molecular weight is 340 g/mol. The molecule has 0 bridgehead atoms. The number of ether oxygens (including phenoxy) is 2. The predicted molar refractivity (Wildman–Crippen MR) is 91.6 cm³/mol. The summed E-state index contributed by atoms with van der Waals surface area (Å²) in [4.78, 5) is 18.3. The van der Waals surface area contributed by atoms with Gasteiger partial charge in [-0.3, -0.25) is 0 Å². The second-order valence-corrected chi connectivity index (χ2v) is 8.03. The molecule has 0 saturated carbocycles. The van der Waals surface area contributed by atoms with Gasteiger partial charge in [-0.15, -0.1) is 11.3 Å². The van der Waals surface area contributed by atoms with E-state index in [2.05, 4.69) is 4.98 Å². The van der Waals surface area contributed by atoms with Crippen LogP contribution in [0.1, 0.15) is 58.1 Å². The highest BCUT2D eigenvalue weighted by atomic mass is 32.1. The van der Waals surface area contributed by atoms with E-state index in [0.717, 1.165) is 37.4 Å². The molecule has 130 valence electrons. The molecule has 6 heteroatoms. The van der Waals surface area contributed by atoms with Gasteiger partial charge in [-0.05, 0) is 52.9 Å². The van der Waals surface area contributed by atoms with Crippen LogP contribution >= 0.6 is 11.3 Å². The Balaban J connectivity index is 1.72. The van der Waals surface area contributed by atoms with E-state index in [0.29, 0.717) is 12.5 Å². The zero-order valence-corrected chi connectivity index (χ0v) is 15.4. The third-order valence-electron chi connectivity index (χ3n) is 3.86. The first-order chi connectivity index (χ1) is 10.8. The SMILES string of the molecule is C[C@H](OCC[C@H]1CCCN(C(=O)OC(C)(C)C)C1)c1nccs1. The Hall–Kier alpha value is -1.14. The molecule has 1 fully saturated rings. The second kappa shape index (κ2) is 8.11. The lowest BCUT2D eigenvalue weighted by Gasteiger charge is -2.34. The van der Waals surface area contributed by atoms with Gasteiger partial charge in [0.2, 0.25) is 0 Å². The van der Waals surface area contributed by atoms with Gasteiger partial charge in [0.25, 0.3) is 0 Å². The molecule has 2 rings (SSSR count). The fraction of sp³-hybridized carbons (Fsp3) is 0.765. The van der Waals surface area contributed by atoms with Crippen molar-refractivity contribution in [2.75, 3.05) is 19.7 Å². The van der Waals surface area contributed by atoms with Gasteiger partial charge in [0.15, 0.2) is 0 Å². The molecule has 0 aliphatic carbocycles. The lowest BCUT2D eigenvalue weighted by molar-refractivity contribution is 0.0106. The predicted octanol–water partition coefficient (Wildman–Crippen LogP) is 4.26. The van der Waals surface area contributed by atoms with Gasteiger partial charge in [-0.1, -0.05) is 0 Å². The minimum absolute atomic E-state index is 0.0422. The summed E-state index contributed by atoms with van der Waals surface area (Å²) in [5.74, 6) is 0.486. The van der Waals surface area contributed by atoms with E-state index < -0.39 is 5.60 Å². The van der Waals surface area contributed by atoms with Crippen LogP contribution < -0.4 is 0 Å². The molecular weight excluding hydrogens is 312 g/mol. The van der Waals surface area contributed by atoms with Crippen LogP contribution in [0.5, 0.6) is 0 Å². The molecule has 2 heterocycles. The number of carbonyl (C=O) groups excluding carboxylic acids is 1. The fourth-order valence-corrected chi connectivity index (χ4v) is 3.35. The molecule has 2 atom stereocenters. The molecule has 23 heavy (non-hydrogen) atoms. The van der Waals surface area contributed by atoms with Crippen LogP contribution in [0.15, 0.2) is 11.6 Å². The largest absolute Gasteiger partial charge is 0.444 e. The summed E-state index contributed by atoms with van der Waals surface area (Å²) in [6, 6.07) is 0. The Morgan fingerprint density at radius 3 is 2.96 bits per heavy atom. The Bertz CT molecular complexity index is 485. The van der Waals surface area contributed by atoms with E-state index in [9.17, 15) is 4.79 Å². The summed E-state index contributed by atoms with van der Waals surface area (Å²) in [6.45, 7) is 10.0. The lowest BCUT2D eigenvalue weighted by atomic mass is 9.95. The van der Waals surface area contributed by atoms with Crippen LogP contribution in [0, 0.1) is 5.92 Å². The van der Waals surface area contributed by atoms with Crippen LogP contribution in [-0.2, 0) is 9.47 Å². The summed E-state index contributed by atoms with van der Waals surface area (Å²) in [5.41, 5.74) is -0.434. The molecule has 0 aromatic carbocycles. The van der Waals surface area contributed by atoms with Crippen molar-refractivity contribution in [3.05, 3.63) is 16.6 Å². The monoisotopic (exact) mass is 340 g/mol. The zero-order valence-electron chi connectivity index (χ0n) is 14.6. The highest BCUT2D eigenvalue weighted by molar-refractivity contribution is 7.09. The van der Waals surface area contributed by atoms with Crippen molar-refractivity contribution in [1.82, 2.24) is 9.88 Å². The Morgan fingerprint density at radius 2 is 2.30 bits per heavy atom. The third-order valence-corrected chi connectivity index (χ3v) is 4.80. The molecule has 0 unspecified atom stereocenters. The highest BCUT2D eigenvalue weighted by Gasteiger charge is 2.27. The molecule has 1 aromatic rings. The molecule has 0 radical (unpaired) electrons. The van der Waals surface area contributed by atoms with Crippen LogP contribution in [0.2, 0.25) is 0 Å². The van der Waals surface area contributed by atoms with Gasteiger partial charge < -0.3 is 14.4 Å². The number of rotatable bonds is 5. The number of nitrogens with zero attached hydrogens (tertiary/aromatic N) is 2. The van der Waals surface area contributed by atoms with E-state index in [1.165, 1.54) is 0 Å². The summed E-state index contributed by atoms with van der Waals surface area (Å²) < 4.78 is 11.3. The van der Waals surface area contributed by atoms with E-state index >= 15 is 0 Å². The molecule has 0 spiro atoms. The number of hydrogen-bond donors (Lipinski definition) is 0. The van der Waals surface area contributed by atoms with Crippen LogP contribution in [0.25, 0.3) is 0 Å². The van der Waals surface area contributed by atoms with Gasteiger partial charge in [0.05, 0.1) is 0 Å². The van der Waals surface area contributed by atoms with Crippen LogP contribution in [0.4, 0.5) is 4.79 Å². The van der Waals surface area contributed by atoms with Gasteiger partial charge >= 0.3 is 6.09 Å². The topological polar surface area (TPSA) is 51.7 Å². The Labute approximate surface area is 143 Å². The molecule has 5 nitrogen and oxygen atoms in total. The number of thiazole rings is 1. The maximum absolute atomic E-state index is 12.2. The Kier molecular flexibility index (Phi) is 6.41.